The Kier molecular flexibility index (Phi) is 5.35. The van der Waals surface area contributed by atoms with Gasteiger partial charge in [0.1, 0.15) is 11.4 Å². The molecule has 42 heavy (non-hydrogen) atoms. The standard InChI is InChI=1S/C38H29N3O/c1-38(2,3)30-20-12-17-27(24-13-5-4-6-14-24)34(30)41-32-22-10-9-21-31(32)40-36(41)29-19-11-18-28-33-26-16-8-7-15-25(26)23-39-37(33)42-35(28)29/h4-23H,1-3H3. The van der Waals surface area contributed by atoms with Gasteiger partial charge in [0.25, 0.3) is 0 Å². The van der Waals surface area contributed by atoms with Crippen molar-refractivity contribution in [1.29, 1.82) is 0 Å². The molecule has 5 aromatic carbocycles. The van der Waals surface area contributed by atoms with Crippen LogP contribution in [-0.4, -0.2) is 14.5 Å². The Balaban J connectivity index is 1.52. The van der Waals surface area contributed by atoms with E-state index < -0.39 is 0 Å². The maximum absolute atomic E-state index is 6.58. The second-order valence-electron chi connectivity index (χ2n) is 11.9. The molecule has 0 bridgehead atoms. The van der Waals surface area contributed by atoms with Crippen molar-refractivity contribution in [3.05, 3.63) is 127 Å². The van der Waals surface area contributed by atoms with E-state index in [-0.39, 0.29) is 5.41 Å². The fraction of sp³-hybridized carbons (Fsp3) is 0.105. The van der Waals surface area contributed by atoms with Gasteiger partial charge in [-0.1, -0.05) is 118 Å². The second-order valence-corrected chi connectivity index (χ2v) is 11.9. The fourth-order valence-corrected chi connectivity index (χ4v) is 6.27. The van der Waals surface area contributed by atoms with Crippen LogP contribution >= 0.6 is 0 Å². The maximum atomic E-state index is 6.58. The van der Waals surface area contributed by atoms with Gasteiger partial charge >= 0.3 is 0 Å². The first-order chi connectivity index (χ1) is 20.5. The molecule has 0 amide bonds. The third kappa shape index (κ3) is 3.68. The summed E-state index contributed by atoms with van der Waals surface area (Å²) in [6.07, 6.45) is 1.89. The van der Waals surface area contributed by atoms with E-state index in [0.717, 1.165) is 60.8 Å². The number of aromatic nitrogens is 3. The lowest BCUT2D eigenvalue weighted by molar-refractivity contribution is 0.587. The van der Waals surface area contributed by atoms with E-state index in [1.807, 2.05) is 12.3 Å². The van der Waals surface area contributed by atoms with Gasteiger partial charge in [0.2, 0.25) is 5.71 Å². The topological polar surface area (TPSA) is 43.9 Å². The van der Waals surface area contributed by atoms with Gasteiger partial charge in [0.15, 0.2) is 0 Å². The largest absolute Gasteiger partial charge is 0.437 e. The third-order valence-electron chi connectivity index (χ3n) is 8.20. The first kappa shape index (κ1) is 24.6. The molecule has 0 unspecified atom stereocenters. The molecule has 8 aromatic rings. The van der Waals surface area contributed by atoms with Crippen molar-refractivity contribution in [1.82, 2.24) is 14.5 Å². The van der Waals surface area contributed by atoms with Crippen molar-refractivity contribution in [2.45, 2.75) is 26.2 Å². The lowest BCUT2D eigenvalue weighted by Gasteiger charge is -2.27. The molecule has 0 aliphatic rings. The van der Waals surface area contributed by atoms with Crippen LogP contribution in [0.5, 0.6) is 0 Å². The Morgan fingerprint density at radius 2 is 1.38 bits per heavy atom. The average molecular weight is 544 g/mol. The van der Waals surface area contributed by atoms with Crippen LogP contribution in [0.4, 0.5) is 0 Å². The highest BCUT2D eigenvalue weighted by molar-refractivity contribution is 6.19. The molecule has 0 aliphatic heterocycles. The van der Waals surface area contributed by atoms with Crippen LogP contribution in [0.15, 0.2) is 126 Å². The molecule has 0 spiro atoms. The summed E-state index contributed by atoms with van der Waals surface area (Å²) in [6, 6.07) is 40.3. The van der Waals surface area contributed by atoms with Crippen molar-refractivity contribution in [3.8, 4) is 28.2 Å². The SMILES string of the molecule is CC(C)(C)c1cccc(-c2ccccc2)c1-n1c(-c2cccc3c2oc2ncc4ccccc4c23)nc2ccccc21. The lowest BCUT2D eigenvalue weighted by Crippen LogP contribution is -2.16. The molecule has 0 saturated carbocycles. The number of furan rings is 1. The molecule has 3 heterocycles. The van der Waals surface area contributed by atoms with Gasteiger partial charge in [-0.05, 0) is 40.1 Å². The molecular formula is C38H29N3O. The van der Waals surface area contributed by atoms with Crippen LogP contribution in [0.3, 0.4) is 0 Å². The molecule has 0 aliphatic carbocycles. The molecule has 4 heteroatoms. The molecule has 8 rings (SSSR count). The monoisotopic (exact) mass is 543 g/mol. The molecule has 0 fully saturated rings. The van der Waals surface area contributed by atoms with Crippen molar-refractivity contribution in [3.63, 3.8) is 0 Å². The summed E-state index contributed by atoms with van der Waals surface area (Å²) in [4.78, 5) is 9.99. The summed E-state index contributed by atoms with van der Waals surface area (Å²) in [5, 5.41) is 4.30. The smallest absolute Gasteiger partial charge is 0.227 e. The number of nitrogens with zero attached hydrogens (tertiary/aromatic N) is 3. The predicted molar refractivity (Wildman–Crippen MR) is 173 cm³/mol. The predicted octanol–water partition coefficient (Wildman–Crippen LogP) is 10.1. The number of benzene rings is 5. The Morgan fingerprint density at radius 3 is 2.24 bits per heavy atom. The van der Waals surface area contributed by atoms with Crippen LogP contribution in [-0.2, 0) is 5.41 Å². The maximum Gasteiger partial charge on any atom is 0.227 e. The number of hydrogen-bond donors (Lipinski definition) is 0. The molecule has 0 saturated heterocycles. The number of imidazole rings is 1. The highest BCUT2D eigenvalue weighted by Crippen LogP contribution is 2.43. The molecule has 202 valence electrons. The number of fused-ring (bicyclic) bond motifs is 6. The van der Waals surface area contributed by atoms with Gasteiger partial charge in [-0.15, -0.1) is 0 Å². The normalized spacial score (nSPS) is 12.2. The Morgan fingerprint density at radius 1 is 0.667 bits per heavy atom. The first-order valence-electron chi connectivity index (χ1n) is 14.4. The van der Waals surface area contributed by atoms with Gasteiger partial charge in [-0.3, -0.25) is 4.57 Å². The van der Waals surface area contributed by atoms with Crippen LogP contribution in [0.1, 0.15) is 26.3 Å². The van der Waals surface area contributed by atoms with Gasteiger partial charge in [-0.2, -0.15) is 0 Å². The number of rotatable bonds is 3. The minimum atomic E-state index is -0.114. The second kappa shape index (κ2) is 9.15. The van der Waals surface area contributed by atoms with Crippen molar-refractivity contribution < 1.29 is 4.42 Å². The molecule has 0 atom stereocenters. The van der Waals surface area contributed by atoms with Crippen molar-refractivity contribution >= 4 is 43.9 Å². The summed E-state index contributed by atoms with van der Waals surface area (Å²) in [5.74, 6) is 0.846. The van der Waals surface area contributed by atoms with Gasteiger partial charge < -0.3 is 4.42 Å². The van der Waals surface area contributed by atoms with Crippen LogP contribution in [0.25, 0.3) is 72.1 Å². The molecule has 0 radical (unpaired) electrons. The fourth-order valence-electron chi connectivity index (χ4n) is 6.27. The van der Waals surface area contributed by atoms with Gasteiger partial charge in [-0.25, -0.2) is 9.97 Å². The minimum absolute atomic E-state index is 0.114. The lowest BCUT2D eigenvalue weighted by atomic mass is 9.83. The molecule has 0 N–H and O–H groups in total. The minimum Gasteiger partial charge on any atom is -0.437 e. The third-order valence-corrected chi connectivity index (χ3v) is 8.20. The van der Waals surface area contributed by atoms with E-state index in [9.17, 15) is 0 Å². The summed E-state index contributed by atoms with van der Waals surface area (Å²) < 4.78 is 8.92. The van der Waals surface area contributed by atoms with E-state index >= 15 is 0 Å². The van der Waals surface area contributed by atoms with Crippen molar-refractivity contribution in [2.24, 2.45) is 0 Å². The average Bonchev–Trinajstić information content (AvgIpc) is 3.59. The number of para-hydroxylation sites is 4. The Hall–Kier alpha value is -5.22. The van der Waals surface area contributed by atoms with Crippen LogP contribution in [0.2, 0.25) is 0 Å². The van der Waals surface area contributed by atoms with Crippen LogP contribution < -0.4 is 0 Å². The summed E-state index contributed by atoms with van der Waals surface area (Å²) in [6.45, 7) is 6.82. The number of pyridine rings is 1. The zero-order valence-corrected chi connectivity index (χ0v) is 23.8. The number of hydrogen-bond acceptors (Lipinski definition) is 3. The molecular weight excluding hydrogens is 514 g/mol. The quantitative estimate of drug-likeness (QED) is 0.223. The zero-order chi connectivity index (χ0) is 28.4. The van der Waals surface area contributed by atoms with Crippen molar-refractivity contribution in [2.75, 3.05) is 0 Å². The Labute approximate surface area is 243 Å². The highest BCUT2D eigenvalue weighted by atomic mass is 16.3. The van der Waals surface area contributed by atoms with Gasteiger partial charge in [0, 0.05) is 22.5 Å². The van der Waals surface area contributed by atoms with E-state index in [1.165, 1.54) is 11.1 Å². The van der Waals surface area contributed by atoms with E-state index in [0.29, 0.717) is 5.71 Å². The van der Waals surface area contributed by atoms with E-state index in [1.54, 1.807) is 0 Å². The molecule has 4 nitrogen and oxygen atoms in total. The summed E-state index contributed by atoms with van der Waals surface area (Å²) in [7, 11) is 0. The van der Waals surface area contributed by atoms with Crippen LogP contribution in [0, 0.1) is 0 Å². The summed E-state index contributed by atoms with van der Waals surface area (Å²) >= 11 is 0. The van der Waals surface area contributed by atoms with Gasteiger partial charge in [0.05, 0.1) is 27.7 Å². The molecule has 3 aromatic heterocycles. The Bertz CT molecular complexity index is 2280. The van der Waals surface area contributed by atoms with E-state index in [4.69, 9.17) is 14.4 Å². The highest BCUT2D eigenvalue weighted by Gasteiger charge is 2.27. The zero-order valence-electron chi connectivity index (χ0n) is 23.8. The summed E-state index contributed by atoms with van der Waals surface area (Å²) in [5.41, 5.74) is 8.96. The van der Waals surface area contributed by atoms with E-state index in [2.05, 4.69) is 135 Å². The first-order valence-corrected chi connectivity index (χ1v) is 14.4.